The lowest BCUT2D eigenvalue weighted by Gasteiger charge is -2.29. The summed E-state index contributed by atoms with van der Waals surface area (Å²) in [6.07, 6.45) is 1.66. The van der Waals surface area contributed by atoms with E-state index in [0.29, 0.717) is 16.5 Å². The van der Waals surface area contributed by atoms with Crippen molar-refractivity contribution in [3.8, 4) is 11.5 Å². The van der Waals surface area contributed by atoms with Crippen LogP contribution in [0.25, 0.3) is 0 Å². The van der Waals surface area contributed by atoms with Crippen molar-refractivity contribution in [1.82, 2.24) is 15.2 Å². The van der Waals surface area contributed by atoms with Crippen molar-refractivity contribution in [3.05, 3.63) is 89.2 Å². The Morgan fingerprint density at radius 3 is 2.45 bits per heavy atom. The first kappa shape index (κ1) is 24.1. The van der Waals surface area contributed by atoms with Crippen LogP contribution in [0.15, 0.2) is 72.9 Å². The number of aromatic nitrogens is 1. The third-order valence-electron chi connectivity index (χ3n) is 5.04. The Balaban J connectivity index is 1.71. The van der Waals surface area contributed by atoms with Gasteiger partial charge < -0.3 is 19.7 Å². The number of pyridine rings is 1. The first-order valence-corrected chi connectivity index (χ1v) is 10.8. The summed E-state index contributed by atoms with van der Waals surface area (Å²) in [4.78, 5) is 31.7. The Kier molecular flexibility index (Phi) is 8.66. The average molecular weight is 468 g/mol. The van der Waals surface area contributed by atoms with Crippen LogP contribution in [0.2, 0.25) is 5.02 Å². The zero-order valence-corrected chi connectivity index (χ0v) is 19.3. The second-order valence-corrected chi connectivity index (χ2v) is 7.71. The van der Waals surface area contributed by atoms with Crippen molar-refractivity contribution < 1.29 is 19.1 Å². The lowest BCUT2D eigenvalue weighted by Crippen LogP contribution is -2.48. The minimum absolute atomic E-state index is 0.229. The second-order valence-electron chi connectivity index (χ2n) is 7.30. The Hall–Kier alpha value is -3.58. The van der Waals surface area contributed by atoms with Crippen molar-refractivity contribution in [2.75, 3.05) is 13.7 Å². The largest absolute Gasteiger partial charge is 0.497 e. The van der Waals surface area contributed by atoms with E-state index in [4.69, 9.17) is 21.1 Å². The van der Waals surface area contributed by atoms with E-state index in [1.54, 1.807) is 44.5 Å². The molecule has 0 saturated carbocycles. The summed E-state index contributed by atoms with van der Waals surface area (Å²) in [5, 5.41) is 3.25. The van der Waals surface area contributed by atoms with Crippen LogP contribution < -0.4 is 14.8 Å². The molecule has 0 aliphatic heterocycles. The molecular formula is C25H26ClN3O4. The van der Waals surface area contributed by atoms with Crippen molar-refractivity contribution in [2.45, 2.75) is 26.1 Å². The molecule has 8 heteroatoms. The van der Waals surface area contributed by atoms with Gasteiger partial charge in [-0.2, -0.15) is 0 Å². The third-order valence-corrected chi connectivity index (χ3v) is 5.35. The molecule has 0 fully saturated rings. The quantitative estimate of drug-likeness (QED) is 0.489. The van der Waals surface area contributed by atoms with Crippen LogP contribution >= 0.6 is 11.6 Å². The van der Waals surface area contributed by atoms with Crippen molar-refractivity contribution in [1.29, 1.82) is 0 Å². The molecule has 172 valence electrons. The Bertz CT molecular complexity index is 1060. The molecule has 0 bridgehead atoms. The summed E-state index contributed by atoms with van der Waals surface area (Å²) in [6.45, 7) is 1.93. The topological polar surface area (TPSA) is 80.8 Å². The summed E-state index contributed by atoms with van der Waals surface area (Å²) in [7, 11) is 1.59. The van der Waals surface area contributed by atoms with Crippen LogP contribution in [0.5, 0.6) is 11.5 Å². The molecule has 1 atom stereocenters. The molecule has 0 aliphatic rings. The lowest BCUT2D eigenvalue weighted by molar-refractivity contribution is -0.142. The van der Waals surface area contributed by atoms with Gasteiger partial charge in [0.15, 0.2) is 6.61 Å². The normalized spacial score (nSPS) is 11.4. The summed E-state index contributed by atoms with van der Waals surface area (Å²) >= 11 is 6.13. The molecule has 3 rings (SSSR count). The Morgan fingerprint density at radius 1 is 1.06 bits per heavy atom. The molecule has 1 heterocycles. The van der Waals surface area contributed by atoms with E-state index in [1.165, 1.54) is 4.90 Å². The van der Waals surface area contributed by atoms with Crippen molar-refractivity contribution >= 4 is 23.4 Å². The predicted molar refractivity (Wildman–Crippen MR) is 126 cm³/mol. The van der Waals surface area contributed by atoms with Gasteiger partial charge in [-0.15, -0.1) is 0 Å². The summed E-state index contributed by atoms with van der Waals surface area (Å²) in [5.41, 5.74) is 1.58. The van der Waals surface area contributed by atoms with Crippen LogP contribution in [0, 0.1) is 0 Å². The van der Waals surface area contributed by atoms with Gasteiger partial charge in [-0.1, -0.05) is 41.9 Å². The molecule has 0 saturated heterocycles. The molecule has 0 radical (unpaired) electrons. The van der Waals surface area contributed by atoms with E-state index in [1.807, 2.05) is 42.5 Å². The van der Waals surface area contributed by atoms with E-state index >= 15 is 0 Å². The second kappa shape index (κ2) is 11.9. The Morgan fingerprint density at radius 2 is 1.79 bits per heavy atom. The molecule has 33 heavy (non-hydrogen) atoms. The highest BCUT2D eigenvalue weighted by Gasteiger charge is 2.26. The van der Waals surface area contributed by atoms with Crippen LogP contribution in [0.1, 0.15) is 18.2 Å². The highest BCUT2D eigenvalue weighted by molar-refractivity contribution is 6.32. The fourth-order valence-electron chi connectivity index (χ4n) is 3.12. The van der Waals surface area contributed by atoms with Gasteiger partial charge >= 0.3 is 0 Å². The number of rotatable bonds is 10. The number of carbonyl (C=O) groups excluding carboxylic acids is 2. The Labute approximate surface area is 198 Å². The van der Waals surface area contributed by atoms with E-state index in [9.17, 15) is 9.59 Å². The maximum Gasteiger partial charge on any atom is 0.261 e. The van der Waals surface area contributed by atoms with Crippen LogP contribution in [0.4, 0.5) is 0 Å². The van der Waals surface area contributed by atoms with Crippen LogP contribution in [-0.2, 0) is 22.7 Å². The number of para-hydroxylation sites is 1. The first-order valence-electron chi connectivity index (χ1n) is 10.4. The lowest BCUT2D eigenvalue weighted by atomic mass is 10.1. The number of hydrogen-bond acceptors (Lipinski definition) is 5. The van der Waals surface area contributed by atoms with Crippen LogP contribution in [-0.4, -0.2) is 41.5 Å². The SMILES string of the molecule is COc1ccc(CN(C(=O)COc2ccccc2Cl)C(C)C(=O)NCc2ccccn2)cc1. The van der Waals surface area contributed by atoms with E-state index in [2.05, 4.69) is 10.3 Å². The fourth-order valence-corrected chi connectivity index (χ4v) is 3.31. The van der Waals surface area contributed by atoms with Gasteiger partial charge in [-0.3, -0.25) is 14.6 Å². The predicted octanol–water partition coefficient (Wildman–Crippen LogP) is 3.86. The summed E-state index contributed by atoms with van der Waals surface area (Å²) in [6, 6.07) is 19.0. The number of methoxy groups -OCH3 is 1. The third kappa shape index (κ3) is 6.95. The summed E-state index contributed by atoms with van der Waals surface area (Å²) < 4.78 is 10.8. The fraction of sp³-hybridized carbons (Fsp3) is 0.240. The monoisotopic (exact) mass is 467 g/mol. The number of halogens is 1. The zero-order valence-electron chi connectivity index (χ0n) is 18.5. The van der Waals surface area contributed by atoms with Crippen molar-refractivity contribution in [3.63, 3.8) is 0 Å². The van der Waals surface area contributed by atoms with E-state index in [-0.39, 0.29) is 31.5 Å². The number of carbonyl (C=O) groups is 2. The number of amides is 2. The molecule has 1 N–H and O–H groups in total. The molecular weight excluding hydrogens is 442 g/mol. The van der Waals surface area contributed by atoms with Crippen molar-refractivity contribution in [2.24, 2.45) is 0 Å². The van der Waals surface area contributed by atoms with Gasteiger partial charge in [0.05, 0.1) is 24.4 Å². The number of hydrogen-bond donors (Lipinski definition) is 1. The number of nitrogens with zero attached hydrogens (tertiary/aromatic N) is 2. The van der Waals surface area contributed by atoms with Gasteiger partial charge in [0.25, 0.3) is 5.91 Å². The molecule has 2 aromatic carbocycles. The highest BCUT2D eigenvalue weighted by atomic mass is 35.5. The molecule has 0 spiro atoms. The number of benzene rings is 2. The molecule has 2 amide bonds. The maximum atomic E-state index is 13.1. The molecule has 7 nitrogen and oxygen atoms in total. The minimum atomic E-state index is -0.738. The molecule has 0 aliphatic carbocycles. The van der Waals surface area contributed by atoms with E-state index < -0.39 is 6.04 Å². The van der Waals surface area contributed by atoms with Gasteiger partial charge in [-0.05, 0) is 48.9 Å². The minimum Gasteiger partial charge on any atom is -0.497 e. The first-order chi connectivity index (χ1) is 16.0. The van der Waals surface area contributed by atoms with Gasteiger partial charge in [0, 0.05) is 12.7 Å². The zero-order chi connectivity index (χ0) is 23.6. The van der Waals surface area contributed by atoms with E-state index in [0.717, 1.165) is 11.3 Å². The molecule has 3 aromatic rings. The number of nitrogens with one attached hydrogen (secondary N) is 1. The average Bonchev–Trinajstić information content (AvgIpc) is 2.85. The highest BCUT2D eigenvalue weighted by Crippen LogP contribution is 2.23. The number of ether oxygens (including phenoxy) is 2. The summed E-state index contributed by atoms with van der Waals surface area (Å²) in [5.74, 6) is 0.482. The van der Waals surface area contributed by atoms with Gasteiger partial charge in [0.2, 0.25) is 5.91 Å². The van der Waals surface area contributed by atoms with Gasteiger partial charge in [-0.25, -0.2) is 0 Å². The smallest absolute Gasteiger partial charge is 0.261 e. The van der Waals surface area contributed by atoms with Crippen LogP contribution in [0.3, 0.4) is 0 Å². The standard InChI is InChI=1S/C25H26ClN3O4/c1-18(25(31)28-15-20-7-5-6-14-27-20)29(16-19-10-12-21(32-2)13-11-19)24(30)17-33-23-9-4-3-8-22(23)26/h3-14,18H,15-17H2,1-2H3,(H,28,31). The van der Waals surface area contributed by atoms with Gasteiger partial charge in [0.1, 0.15) is 17.5 Å². The molecule has 1 aromatic heterocycles. The maximum absolute atomic E-state index is 13.1. The molecule has 1 unspecified atom stereocenters.